The lowest BCUT2D eigenvalue weighted by Gasteiger charge is -2.17. The zero-order chi connectivity index (χ0) is 15.1. The van der Waals surface area contributed by atoms with Gasteiger partial charge in [0.25, 0.3) is 0 Å². The number of thiophene rings is 1. The summed E-state index contributed by atoms with van der Waals surface area (Å²) in [5.41, 5.74) is 1.29. The smallest absolute Gasteiger partial charge is 0.386 e. The molecule has 0 N–H and O–H groups in total. The van der Waals surface area contributed by atoms with Crippen LogP contribution < -0.4 is 9.47 Å². The van der Waals surface area contributed by atoms with Crippen LogP contribution in [-0.2, 0) is 12.8 Å². The van der Waals surface area contributed by atoms with Crippen molar-refractivity contribution in [2.24, 2.45) is 5.92 Å². The minimum Gasteiger partial charge on any atom is -0.616 e. The Morgan fingerprint density at radius 2 is 2.27 bits per heavy atom. The lowest BCUT2D eigenvalue weighted by molar-refractivity contribution is -0.611. The van der Waals surface area contributed by atoms with E-state index >= 15 is 0 Å². The number of aryl methyl sites for hydroxylation is 1. The van der Waals surface area contributed by atoms with E-state index < -0.39 is 0 Å². The molecule has 0 saturated heterocycles. The second-order valence-corrected chi connectivity index (χ2v) is 6.76. The molecule has 0 saturated carbocycles. The van der Waals surface area contributed by atoms with Gasteiger partial charge in [0, 0.05) is 10.9 Å². The molecule has 0 bridgehead atoms. The third-order valence-corrected chi connectivity index (χ3v) is 5.21. The monoisotopic (exact) mass is 313 g/mol. The first-order valence-corrected chi connectivity index (χ1v) is 8.15. The molecule has 0 fully saturated rings. The van der Waals surface area contributed by atoms with Crippen molar-refractivity contribution in [2.45, 2.75) is 26.2 Å². The molecule has 22 heavy (non-hydrogen) atoms. The van der Waals surface area contributed by atoms with Crippen molar-refractivity contribution in [3.63, 3.8) is 0 Å². The third kappa shape index (κ3) is 2.20. The minimum absolute atomic E-state index is 0.228. The van der Waals surface area contributed by atoms with Crippen LogP contribution >= 0.6 is 11.3 Å². The number of pyridine rings is 1. The molecule has 0 unspecified atom stereocenters. The molecule has 112 valence electrons. The van der Waals surface area contributed by atoms with E-state index in [-0.39, 0.29) is 5.88 Å². The van der Waals surface area contributed by atoms with Crippen LogP contribution in [-0.4, -0.2) is 9.97 Å². The van der Waals surface area contributed by atoms with Gasteiger partial charge in [0.05, 0.1) is 11.5 Å². The van der Waals surface area contributed by atoms with E-state index in [1.54, 1.807) is 29.5 Å². The second kappa shape index (κ2) is 5.21. The summed E-state index contributed by atoms with van der Waals surface area (Å²) in [4.78, 5) is 11.0. The number of hydrogen-bond donors (Lipinski definition) is 0. The minimum atomic E-state index is 0.228. The summed E-state index contributed by atoms with van der Waals surface area (Å²) in [6.07, 6.45) is 6.19. The van der Waals surface area contributed by atoms with Crippen LogP contribution in [0.4, 0.5) is 0 Å². The number of nitrogens with zero attached hydrogens (tertiary/aromatic N) is 3. The molecule has 1 aliphatic carbocycles. The summed E-state index contributed by atoms with van der Waals surface area (Å²) in [5.74, 6) is 1.41. The first-order valence-electron chi connectivity index (χ1n) is 7.33. The molecule has 1 aliphatic rings. The topological polar surface area (TPSA) is 62.0 Å². The van der Waals surface area contributed by atoms with Crippen molar-refractivity contribution in [3.05, 3.63) is 46.4 Å². The van der Waals surface area contributed by atoms with Crippen LogP contribution in [0.25, 0.3) is 10.2 Å². The summed E-state index contributed by atoms with van der Waals surface area (Å²) >= 11 is 1.72. The normalized spacial score (nSPS) is 17.4. The molecule has 5 nitrogen and oxygen atoms in total. The second-order valence-electron chi connectivity index (χ2n) is 5.68. The Morgan fingerprint density at radius 1 is 1.36 bits per heavy atom. The SMILES string of the molecule is C[C@H]1CCc2c(sc3ncnc(Oc4cccc[n+]4[O-])c23)C1. The van der Waals surface area contributed by atoms with Gasteiger partial charge in [-0.1, -0.05) is 6.92 Å². The lowest BCUT2D eigenvalue weighted by atomic mass is 9.89. The van der Waals surface area contributed by atoms with Crippen LogP contribution in [0.15, 0.2) is 30.7 Å². The Morgan fingerprint density at radius 3 is 3.14 bits per heavy atom. The Labute approximate surface area is 131 Å². The van der Waals surface area contributed by atoms with Crippen molar-refractivity contribution in [2.75, 3.05) is 0 Å². The van der Waals surface area contributed by atoms with Gasteiger partial charge in [0.15, 0.2) is 6.20 Å². The molecule has 0 radical (unpaired) electrons. The maximum atomic E-state index is 11.8. The van der Waals surface area contributed by atoms with Gasteiger partial charge < -0.3 is 9.94 Å². The van der Waals surface area contributed by atoms with Crippen molar-refractivity contribution in [3.8, 4) is 11.8 Å². The van der Waals surface area contributed by atoms with E-state index in [0.29, 0.717) is 16.5 Å². The van der Waals surface area contributed by atoms with Gasteiger partial charge in [-0.25, -0.2) is 9.97 Å². The fraction of sp³-hybridized carbons (Fsp3) is 0.312. The van der Waals surface area contributed by atoms with Crippen molar-refractivity contribution in [1.29, 1.82) is 0 Å². The molecular weight excluding hydrogens is 298 g/mol. The summed E-state index contributed by atoms with van der Waals surface area (Å²) in [6.45, 7) is 2.28. The molecule has 1 atom stereocenters. The summed E-state index contributed by atoms with van der Waals surface area (Å²) < 4.78 is 6.48. The standard InChI is InChI=1S/C16H15N3O2S/c1-10-5-6-11-12(8-10)22-16-14(11)15(17-9-18-16)21-13-4-2-3-7-19(13)20/h2-4,7,9-10H,5-6,8H2,1H3/t10-/m0/s1. The van der Waals surface area contributed by atoms with Crippen molar-refractivity contribution in [1.82, 2.24) is 9.97 Å². The average molecular weight is 313 g/mol. The van der Waals surface area contributed by atoms with Crippen LogP contribution in [0.1, 0.15) is 23.8 Å². The zero-order valence-corrected chi connectivity index (χ0v) is 13.0. The lowest BCUT2D eigenvalue weighted by Crippen LogP contribution is -2.26. The molecule has 3 aromatic heterocycles. The maximum absolute atomic E-state index is 11.8. The van der Waals surface area contributed by atoms with Crippen LogP contribution in [0.3, 0.4) is 0 Å². The summed E-state index contributed by atoms with van der Waals surface area (Å²) in [6, 6.07) is 5.08. The first-order chi connectivity index (χ1) is 10.7. The first kappa shape index (κ1) is 13.5. The fourth-order valence-electron chi connectivity index (χ4n) is 2.91. The fourth-order valence-corrected chi connectivity index (χ4v) is 4.26. The van der Waals surface area contributed by atoms with Gasteiger partial charge in [-0.15, -0.1) is 16.1 Å². The molecule has 0 amide bonds. The average Bonchev–Trinajstić information content (AvgIpc) is 2.88. The number of fused-ring (bicyclic) bond motifs is 3. The highest BCUT2D eigenvalue weighted by Gasteiger charge is 2.24. The quantitative estimate of drug-likeness (QED) is 0.538. The molecule has 0 aromatic carbocycles. The highest BCUT2D eigenvalue weighted by Crippen LogP contribution is 2.40. The van der Waals surface area contributed by atoms with Crippen LogP contribution in [0.2, 0.25) is 0 Å². The zero-order valence-electron chi connectivity index (χ0n) is 12.2. The summed E-state index contributed by atoms with van der Waals surface area (Å²) in [7, 11) is 0. The number of ether oxygens (including phenoxy) is 1. The Bertz CT molecular complexity index is 847. The maximum Gasteiger partial charge on any atom is 0.386 e. The van der Waals surface area contributed by atoms with Crippen molar-refractivity contribution < 1.29 is 9.47 Å². The molecule has 3 aromatic rings. The highest BCUT2D eigenvalue weighted by atomic mass is 32.1. The van der Waals surface area contributed by atoms with E-state index in [1.165, 1.54) is 29.4 Å². The van der Waals surface area contributed by atoms with Gasteiger partial charge in [0.1, 0.15) is 11.2 Å². The molecule has 6 heteroatoms. The van der Waals surface area contributed by atoms with Crippen molar-refractivity contribution >= 4 is 21.6 Å². The molecule has 4 rings (SSSR count). The van der Waals surface area contributed by atoms with E-state index in [4.69, 9.17) is 4.74 Å². The Kier molecular flexibility index (Phi) is 3.18. The third-order valence-electron chi connectivity index (χ3n) is 4.05. The van der Waals surface area contributed by atoms with Crippen LogP contribution in [0.5, 0.6) is 11.8 Å². The predicted octanol–water partition coefficient (Wildman–Crippen LogP) is 3.24. The van der Waals surface area contributed by atoms with Crippen LogP contribution in [0, 0.1) is 11.1 Å². The van der Waals surface area contributed by atoms with E-state index in [0.717, 1.165) is 23.1 Å². The molecule has 3 heterocycles. The van der Waals surface area contributed by atoms with Gasteiger partial charge in [0.2, 0.25) is 5.88 Å². The predicted molar refractivity (Wildman–Crippen MR) is 84.1 cm³/mol. The number of aromatic nitrogens is 3. The van der Waals surface area contributed by atoms with Gasteiger partial charge in [-0.2, -0.15) is 0 Å². The van der Waals surface area contributed by atoms with E-state index in [9.17, 15) is 5.21 Å². The Hall–Kier alpha value is -2.21. The number of rotatable bonds is 2. The molecule has 0 aliphatic heterocycles. The molecular formula is C16H15N3O2S. The van der Waals surface area contributed by atoms with E-state index in [2.05, 4.69) is 16.9 Å². The summed E-state index contributed by atoms with van der Waals surface area (Å²) in [5, 5.41) is 12.8. The van der Waals surface area contributed by atoms with Gasteiger partial charge >= 0.3 is 5.88 Å². The van der Waals surface area contributed by atoms with Gasteiger partial charge in [-0.3, -0.25) is 0 Å². The number of hydrogen-bond acceptors (Lipinski definition) is 5. The van der Waals surface area contributed by atoms with E-state index in [1.807, 2.05) is 0 Å². The largest absolute Gasteiger partial charge is 0.616 e. The highest BCUT2D eigenvalue weighted by molar-refractivity contribution is 7.18. The molecule has 0 spiro atoms. The van der Waals surface area contributed by atoms with Gasteiger partial charge in [-0.05, 0) is 36.8 Å². The Balaban J connectivity index is 1.83.